The number of hydrogen-bond donors (Lipinski definition) is 1. The molecule has 1 aliphatic carbocycles. The average Bonchev–Trinajstić information content (AvgIpc) is 3.33. The van der Waals surface area contributed by atoms with Gasteiger partial charge in [-0.1, -0.05) is 25.0 Å². The molecule has 31 heavy (non-hydrogen) atoms. The molecule has 2 amide bonds. The number of amides is 2. The lowest BCUT2D eigenvalue weighted by molar-refractivity contribution is -0.136. The summed E-state index contributed by atoms with van der Waals surface area (Å²) in [5.41, 5.74) is 8.73. The van der Waals surface area contributed by atoms with Crippen LogP contribution in [-0.2, 0) is 4.79 Å². The molecule has 2 heterocycles. The fraction of sp³-hybridized carbons (Fsp3) is 0.500. The van der Waals surface area contributed by atoms with Crippen molar-refractivity contribution in [2.24, 2.45) is 11.7 Å². The Balaban J connectivity index is 1.65. The number of benzene rings is 1. The molecule has 1 unspecified atom stereocenters. The first-order valence-electron chi connectivity index (χ1n) is 11.2. The van der Waals surface area contributed by atoms with Gasteiger partial charge in [0, 0.05) is 56.3 Å². The monoisotopic (exact) mass is 421 g/mol. The number of aromatic nitrogens is 2. The Bertz CT molecular complexity index is 951. The SMILES string of the molecule is CN(C)c1ncc(-c2ccc(C(N)=O)cc2)c(C2CCCN(C(=O)C3CCCC3)C2)n1. The Morgan fingerprint density at radius 3 is 2.42 bits per heavy atom. The zero-order chi connectivity index (χ0) is 22.0. The van der Waals surface area contributed by atoms with Gasteiger partial charge in [0.05, 0.1) is 5.69 Å². The van der Waals surface area contributed by atoms with Crippen molar-refractivity contribution >= 4 is 17.8 Å². The lowest BCUT2D eigenvalue weighted by Crippen LogP contribution is -2.42. The summed E-state index contributed by atoms with van der Waals surface area (Å²) in [5.74, 6) is 0.886. The summed E-state index contributed by atoms with van der Waals surface area (Å²) >= 11 is 0. The van der Waals surface area contributed by atoms with E-state index < -0.39 is 5.91 Å². The first kappa shape index (κ1) is 21.3. The predicted octanol–water partition coefficient (Wildman–Crippen LogP) is 3.20. The second-order valence-corrected chi connectivity index (χ2v) is 8.91. The van der Waals surface area contributed by atoms with Crippen LogP contribution >= 0.6 is 0 Å². The van der Waals surface area contributed by atoms with Gasteiger partial charge in [0.15, 0.2) is 0 Å². The van der Waals surface area contributed by atoms with Crippen molar-refractivity contribution in [3.8, 4) is 11.1 Å². The van der Waals surface area contributed by atoms with Gasteiger partial charge in [-0.25, -0.2) is 9.97 Å². The zero-order valence-corrected chi connectivity index (χ0v) is 18.4. The topological polar surface area (TPSA) is 92.4 Å². The number of nitrogens with zero attached hydrogens (tertiary/aromatic N) is 4. The largest absolute Gasteiger partial charge is 0.366 e. The summed E-state index contributed by atoms with van der Waals surface area (Å²) in [4.78, 5) is 37.9. The van der Waals surface area contributed by atoms with Crippen LogP contribution in [0.25, 0.3) is 11.1 Å². The third kappa shape index (κ3) is 4.55. The Morgan fingerprint density at radius 2 is 1.77 bits per heavy atom. The van der Waals surface area contributed by atoms with Crippen molar-refractivity contribution in [3.63, 3.8) is 0 Å². The highest BCUT2D eigenvalue weighted by Gasteiger charge is 2.32. The summed E-state index contributed by atoms with van der Waals surface area (Å²) in [6, 6.07) is 7.25. The van der Waals surface area contributed by atoms with Crippen LogP contribution in [0.15, 0.2) is 30.5 Å². The summed E-state index contributed by atoms with van der Waals surface area (Å²) in [6.45, 7) is 1.53. The molecular weight excluding hydrogens is 390 g/mol. The highest BCUT2D eigenvalue weighted by molar-refractivity contribution is 5.93. The summed E-state index contributed by atoms with van der Waals surface area (Å²) in [7, 11) is 3.86. The molecule has 0 bridgehead atoms. The van der Waals surface area contributed by atoms with Crippen LogP contribution in [0.4, 0.5) is 5.95 Å². The van der Waals surface area contributed by atoms with Gasteiger partial charge in [0.2, 0.25) is 17.8 Å². The van der Waals surface area contributed by atoms with Gasteiger partial charge in [0.25, 0.3) is 0 Å². The normalized spacial score (nSPS) is 19.4. The molecule has 1 aliphatic heterocycles. The molecule has 2 aliphatic rings. The number of carbonyl (C=O) groups is 2. The summed E-state index contributed by atoms with van der Waals surface area (Å²) in [6.07, 6.45) is 8.20. The van der Waals surface area contributed by atoms with Crippen LogP contribution in [-0.4, -0.2) is 53.9 Å². The Kier molecular flexibility index (Phi) is 6.20. The molecule has 0 radical (unpaired) electrons. The van der Waals surface area contributed by atoms with Crippen molar-refractivity contribution < 1.29 is 9.59 Å². The third-order valence-electron chi connectivity index (χ3n) is 6.51. The highest BCUT2D eigenvalue weighted by atomic mass is 16.2. The van der Waals surface area contributed by atoms with Crippen LogP contribution in [0.3, 0.4) is 0 Å². The van der Waals surface area contributed by atoms with E-state index in [-0.39, 0.29) is 11.8 Å². The van der Waals surface area contributed by atoms with Gasteiger partial charge in [-0.05, 0) is 43.4 Å². The highest BCUT2D eigenvalue weighted by Crippen LogP contribution is 2.35. The molecule has 1 aromatic heterocycles. The number of rotatable bonds is 5. The molecule has 1 saturated heterocycles. The van der Waals surface area contributed by atoms with E-state index >= 15 is 0 Å². The third-order valence-corrected chi connectivity index (χ3v) is 6.51. The molecule has 4 rings (SSSR count). The minimum atomic E-state index is -0.445. The molecular formula is C24H31N5O2. The van der Waals surface area contributed by atoms with Crippen LogP contribution < -0.4 is 10.6 Å². The van der Waals surface area contributed by atoms with Gasteiger partial charge >= 0.3 is 0 Å². The molecule has 7 heteroatoms. The molecule has 1 atom stereocenters. The first-order chi connectivity index (χ1) is 14.9. The van der Waals surface area contributed by atoms with Gasteiger partial charge in [-0.15, -0.1) is 0 Å². The second kappa shape index (κ2) is 9.04. The Labute approximate surface area is 183 Å². The van der Waals surface area contributed by atoms with Crippen LogP contribution in [0.5, 0.6) is 0 Å². The van der Waals surface area contributed by atoms with Gasteiger partial charge < -0.3 is 15.5 Å². The number of hydrogen-bond acceptors (Lipinski definition) is 5. The smallest absolute Gasteiger partial charge is 0.248 e. The average molecular weight is 422 g/mol. The molecule has 164 valence electrons. The van der Waals surface area contributed by atoms with Crippen molar-refractivity contribution in [2.45, 2.75) is 44.4 Å². The van der Waals surface area contributed by atoms with Gasteiger partial charge in [0.1, 0.15) is 0 Å². The summed E-state index contributed by atoms with van der Waals surface area (Å²) < 4.78 is 0. The number of piperidine rings is 1. The number of likely N-dealkylation sites (tertiary alicyclic amines) is 1. The van der Waals surface area contributed by atoms with Gasteiger partial charge in [-0.2, -0.15) is 0 Å². The quantitative estimate of drug-likeness (QED) is 0.800. The van der Waals surface area contributed by atoms with Crippen LogP contribution in [0.2, 0.25) is 0 Å². The predicted molar refractivity (Wildman–Crippen MR) is 121 cm³/mol. The Morgan fingerprint density at radius 1 is 1.06 bits per heavy atom. The van der Waals surface area contributed by atoms with E-state index in [9.17, 15) is 9.59 Å². The molecule has 1 aromatic carbocycles. The summed E-state index contributed by atoms with van der Waals surface area (Å²) in [5, 5.41) is 0. The lowest BCUT2D eigenvalue weighted by Gasteiger charge is -2.35. The molecule has 1 saturated carbocycles. The first-order valence-corrected chi connectivity index (χ1v) is 11.2. The van der Waals surface area contributed by atoms with Gasteiger partial charge in [-0.3, -0.25) is 9.59 Å². The lowest BCUT2D eigenvalue weighted by atomic mass is 9.89. The minimum Gasteiger partial charge on any atom is -0.366 e. The van der Waals surface area contributed by atoms with Crippen molar-refractivity contribution in [2.75, 3.05) is 32.1 Å². The fourth-order valence-electron chi connectivity index (χ4n) is 4.78. The van der Waals surface area contributed by atoms with E-state index in [1.165, 1.54) is 0 Å². The van der Waals surface area contributed by atoms with E-state index in [1.807, 2.05) is 37.3 Å². The maximum Gasteiger partial charge on any atom is 0.248 e. The number of anilines is 1. The standard InChI is InChI=1S/C24H31N5O2/c1-28(2)24-26-14-20(16-9-11-17(12-10-16)22(25)30)21(27-24)19-8-5-13-29(15-19)23(31)18-6-3-4-7-18/h9-12,14,18-19H,3-8,13,15H2,1-2H3,(H2,25,30). The van der Waals surface area contributed by atoms with E-state index in [2.05, 4.69) is 9.88 Å². The van der Waals surface area contributed by atoms with E-state index in [1.54, 1.807) is 12.1 Å². The van der Waals surface area contributed by atoms with Crippen LogP contribution in [0, 0.1) is 5.92 Å². The number of carbonyl (C=O) groups excluding carboxylic acids is 2. The molecule has 7 nitrogen and oxygen atoms in total. The maximum absolute atomic E-state index is 13.0. The minimum absolute atomic E-state index is 0.159. The zero-order valence-electron chi connectivity index (χ0n) is 18.4. The molecule has 0 spiro atoms. The number of primary amides is 1. The van der Waals surface area contributed by atoms with E-state index in [0.29, 0.717) is 24.0 Å². The molecule has 2 fully saturated rings. The van der Waals surface area contributed by atoms with Crippen molar-refractivity contribution in [1.82, 2.24) is 14.9 Å². The number of nitrogens with two attached hydrogens (primary N) is 1. The second-order valence-electron chi connectivity index (χ2n) is 8.91. The molecule has 2 aromatic rings. The van der Waals surface area contributed by atoms with E-state index in [0.717, 1.165) is 61.9 Å². The van der Waals surface area contributed by atoms with Crippen molar-refractivity contribution in [1.29, 1.82) is 0 Å². The van der Waals surface area contributed by atoms with Crippen molar-refractivity contribution in [3.05, 3.63) is 41.7 Å². The maximum atomic E-state index is 13.0. The van der Waals surface area contributed by atoms with Crippen LogP contribution in [0.1, 0.15) is 60.5 Å². The molecule has 2 N–H and O–H groups in total. The van der Waals surface area contributed by atoms with E-state index in [4.69, 9.17) is 10.7 Å². The fourth-order valence-corrected chi connectivity index (χ4v) is 4.78. The Hall–Kier alpha value is -2.96.